The fraction of sp³-hybridized carbons (Fsp3) is 0.0909. The van der Waals surface area contributed by atoms with E-state index in [1.54, 1.807) is 30.3 Å². The Morgan fingerprint density at radius 1 is 0.692 bits per heavy atom. The van der Waals surface area contributed by atoms with Crippen molar-refractivity contribution in [1.82, 2.24) is 0 Å². The summed E-state index contributed by atoms with van der Waals surface area (Å²) in [7, 11) is 0. The van der Waals surface area contributed by atoms with Crippen LogP contribution >= 0.6 is 11.6 Å². The fourth-order valence-electron chi connectivity index (χ4n) is 3.32. The van der Waals surface area contributed by atoms with Crippen LogP contribution in [-0.4, -0.2) is 0 Å². The minimum absolute atomic E-state index is 0.0360. The lowest BCUT2D eigenvalue weighted by atomic mass is 9.95. The van der Waals surface area contributed by atoms with Gasteiger partial charge in [0, 0.05) is 10.8 Å². The highest BCUT2D eigenvalue weighted by Gasteiger charge is 2.13. The molecule has 0 saturated heterocycles. The van der Waals surface area contributed by atoms with Crippen molar-refractivity contribution in [3.05, 3.63) is 82.6 Å². The molecule has 0 heterocycles. The SMILES string of the molecule is CCc1ccc2c(cc(F)c3cc(-c4ccc(Cl)c(F)c4)ccc32)c1F. The molecule has 4 aromatic rings. The van der Waals surface area contributed by atoms with E-state index in [0.717, 1.165) is 0 Å². The third-order valence-electron chi connectivity index (χ3n) is 4.73. The Bertz CT molecular complexity index is 1170. The van der Waals surface area contributed by atoms with Gasteiger partial charge in [-0.25, -0.2) is 13.2 Å². The topological polar surface area (TPSA) is 0 Å². The van der Waals surface area contributed by atoms with Crippen molar-refractivity contribution in [1.29, 1.82) is 0 Å². The Labute approximate surface area is 153 Å². The first-order valence-electron chi connectivity index (χ1n) is 8.28. The van der Waals surface area contributed by atoms with Gasteiger partial charge in [-0.2, -0.15) is 0 Å². The van der Waals surface area contributed by atoms with E-state index in [2.05, 4.69) is 0 Å². The first-order chi connectivity index (χ1) is 12.5. The molecule has 130 valence electrons. The molecule has 26 heavy (non-hydrogen) atoms. The van der Waals surface area contributed by atoms with Crippen LogP contribution in [0.4, 0.5) is 13.2 Å². The van der Waals surface area contributed by atoms with Crippen LogP contribution in [0.1, 0.15) is 12.5 Å². The number of hydrogen-bond donors (Lipinski definition) is 0. The predicted octanol–water partition coefficient (Wildman–Crippen LogP) is 7.29. The Morgan fingerprint density at radius 2 is 1.35 bits per heavy atom. The van der Waals surface area contributed by atoms with E-state index >= 15 is 0 Å². The smallest absolute Gasteiger partial charge is 0.142 e. The van der Waals surface area contributed by atoms with Crippen molar-refractivity contribution in [2.75, 3.05) is 0 Å². The minimum Gasteiger partial charge on any atom is -0.206 e. The summed E-state index contributed by atoms with van der Waals surface area (Å²) in [6.45, 7) is 1.86. The summed E-state index contributed by atoms with van der Waals surface area (Å²) >= 11 is 5.72. The van der Waals surface area contributed by atoms with Crippen LogP contribution < -0.4 is 0 Å². The normalized spacial score (nSPS) is 11.4. The van der Waals surface area contributed by atoms with Crippen molar-refractivity contribution in [2.45, 2.75) is 13.3 Å². The molecule has 0 fully saturated rings. The second-order valence-corrected chi connectivity index (χ2v) is 6.64. The summed E-state index contributed by atoms with van der Waals surface area (Å²) in [5.41, 5.74) is 1.82. The summed E-state index contributed by atoms with van der Waals surface area (Å²) < 4.78 is 43.0. The molecule has 0 bridgehead atoms. The zero-order chi connectivity index (χ0) is 18.4. The van der Waals surface area contributed by atoms with Gasteiger partial charge in [-0.05, 0) is 58.1 Å². The molecule has 0 amide bonds. The van der Waals surface area contributed by atoms with Crippen molar-refractivity contribution < 1.29 is 13.2 Å². The van der Waals surface area contributed by atoms with Gasteiger partial charge >= 0.3 is 0 Å². The van der Waals surface area contributed by atoms with Gasteiger partial charge in [0.05, 0.1) is 5.02 Å². The lowest BCUT2D eigenvalue weighted by Crippen LogP contribution is -1.92. The molecule has 0 aromatic heterocycles. The molecule has 0 nitrogen and oxygen atoms in total. The van der Waals surface area contributed by atoms with Gasteiger partial charge in [0.2, 0.25) is 0 Å². The fourth-order valence-corrected chi connectivity index (χ4v) is 3.44. The molecule has 4 rings (SSSR count). The van der Waals surface area contributed by atoms with Crippen LogP contribution in [0.3, 0.4) is 0 Å². The maximum atomic E-state index is 14.7. The molecule has 0 N–H and O–H groups in total. The van der Waals surface area contributed by atoms with Gasteiger partial charge in [0.1, 0.15) is 17.5 Å². The molecule has 0 saturated carbocycles. The van der Waals surface area contributed by atoms with Crippen molar-refractivity contribution in [3.63, 3.8) is 0 Å². The lowest BCUT2D eigenvalue weighted by Gasteiger charge is -2.11. The monoisotopic (exact) mass is 370 g/mol. The third-order valence-corrected chi connectivity index (χ3v) is 5.04. The maximum Gasteiger partial charge on any atom is 0.142 e. The summed E-state index contributed by atoms with van der Waals surface area (Å²) in [5.74, 6) is -1.41. The lowest BCUT2D eigenvalue weighted by molar-refractivity contribution is 0.618. The Morgan fingerprint density at radius 3 is 2.08 bits per heavy atom. The molecule has 4 heteroatoms. The summed E-state index contributed by atoms with van der Waals surface area (Å²) in [6.07, 6.45) is 0.544. The molecule has 0 aliphatic rings. The molecule has 0 spiro atoms. The van der Waals surface area contributed by atoms with Gasteiger partial charge in [-0.3, -0.25) is 0 Å². The summed E-state index contributed by atoms with van der Waals surface area (Å²) in [4.78, 5) is 0. The van der Waals surface area contributed by atoms with E-state index < -0.39 is 11.6 Å². The van der Waals surface area contributed by atoms with Crippen LogP contribution in [-0.2, 0) is 6.42 Å². The average molecular weight is 371 g/mol. The standard InChI is InChI=1S/C22H14ClF3/c1-2-12-3-6-16-15-7-4-13(14-5-8-19(23)21(25)10-14)9-17(15)20(24)11-18(16)22(12)26/h3-11H,2H2,1H3. The van der Waals surface area contributed by atoms with Gasteiger partial charge in [0.25, 0.3) is 0 Å². The van der Waals surface area contributed by atoms with Gasteiger partial charge in [-0.1, -0.05) is 48.9 Å². The molecular formula is C22H14ClF3. The Hall–Kier alpha value is -2.52. The van der Waals surface area contributed by atoms with Gasteiger partial charge < -0.3 is 0 Å². The molecule has 0 aliphatic carbocycles. The Balaban J connectivity index is 1.98. The summed E-state index contributed by atoms with van der Waals surface area (Å²) in [5, 5.41) is 1.97. The number of rotatable bonds is 2. The van der Waals surface area contributed by atoms with E-state index in [0.29, 0.717) is 39.3 Å². The molecule has 0 aliphatic heterocycles. The number of aryl methyl sites for hydroxylation is 1. The van der Waals surface area contributed by atoms with E-state index in [4.69, 9.17) is 11.6 Å². The van der Waals surface area contributed by atoms with Crippen molar-refractivity contribution in [3.8, 4) is 11.1 Å². The maximum absolute atomic E-state index is 14.7. The van der Waals surface area contributed by atoms with E-state index in [9.17, 15) is 13.2 Å². The van der Waals surface area contributed by atoms with Crippen LogP contribution in [0.2, 0.25) is 5.02 Å². The first-order valence-corrected chi connectivity index (χ1v) is 8.66. The minimum atomic E-state index is -0.530. The van der Waals surface area contributed by atoms with Crippen molar-refractivity contribution in [2.24, 2.45) is 0 Å². The van der Waals surface area contributed by atoms with Crippen LogP contribution in [0, 0.1) is 17.5 Å². The van der Waals surface area contributed by atoms with E-state index in [-0.39, 0.29) is 16.2 Å². The average Bonchev–Trinajstić information content (AvgIpc) is 2.65. The molecule has 0 unspecified atom stereocenters. The quantitative estimate of drug-likeness (QED) is 0.325. The van der Waals surface area contributed by atoms with E-state index in [1.165, 1.54) is 18.2 Å². The molecule has 0 atom stereocenters. The number of fused-ring (bicyclic) bond motifs is 3. The van der Waals surface area contributed by atoms with Crippen LogP contribution in [0.15, 0.2) is 54.6 Å². The highest BCUT2D eigenvalue weighted by molar-refractivity contribution is 6.30. The first kappa shape index (κ1) is 16.9. The second-order valence-electron chi connectivity index (χ2n) is 6.23. The molecule has 4 aromatic carbocycles. The highest BCUT2D eigenvalue weighted by Crippen LogP contribution is 2.34. The van der Waals surface area contributed by atoms with Crippen LogP contribution in [0.25, 0.3) is 32.7 Å². The zero-order valence-corrected chi connectivity index (χ0v) is 14.7. The largest absolute Gasteiger partial charge is 0.206 e. The van der Waals surface area contributed by atoms with E-state index in [1.807, 2.05) is 13.0 Å². The molecular weight excluding hydrogens is 357 g/mol. The predicted molar refractivity (Wildman–Crippen MR) is 101 cm³/mol. The summed E-state index contributed by atoms with van der Waals surface area (Å²) in [6, 6.07) is 14.4. The zero-order valence-electron chi connectivity index (χ0n) is 13.9. The number of hydrogen-bond acceptors (Lipinski definition) is 0. The number of benzene rings is 4. The van der Waals surface area contributed by atoms with Crippen molar-refractivity contribution >= 4 is 33.1 Å². The molecule has 0 radical (unpaired) electrons. The van der Waals surface area contributed by atoms with Gasteiger partial charge in [0.15, 0.2) is 0 Å². The third kappa shape index (κ3) is 2.63. The van der Waals surface area contributed by atoms with Gasteiger partial charge in [-0.15, -0.1) is 0 Å². The van der Waals surface area contributed by atoms with Crippen LogP contribution in [0.5, 0.6) is 0 Å². The second kappa shape index (κ2) is 6.33. The Kier molecular flexibility index (Phi) is 4.12. The number of halogens is 4. The highest BCUT2D eigenvalue weighted by atomic mass is 35.5.